The lowest BCUT2D eigenvalue weighted by atomic mass is 9.48. The molecule has 1 N–H and O–H groups in total. The minimum atomic E-state index is 0.375. The van der Waals surface area contributed by atoms with Crippen molar-refractivity contribution in [2.24, 2.45) is 29.1 Å². The Balaban J connectivity index is 1.66. The molecule has 2 nitrogen and oxygen atoms in total. The fourth-order valence-electron chi connectivity index (χ4n) is 5.61. The second-order valence-corrected chi connectivity index (χ2v) is 8.40. The summed E-state index contributed by atoms with van der Waals surface area (Å²) in [4.78, 5) is 0. The van der Waals surface area contributed by atoms with Crippen LogP contribution >= 0.6 is 0 Å². The maximum atomic E-state index is 6.18. The summed E-state index contributed by atoms with van der Waals surface area (Å²) in [6.45, 7) is 7.63. The first-order valence-corrected chi connectivity index (χ1v) is 8.81. The summed E-state index contributed by atoms with van der Waals surface area (Å²) in [5.41, 5.74) is 0.556. The Labute approximate surface area is 125 Å². The zero-order chi connectivity index (χ0) is 14.3. The molecule has 116 valence electrons. The number of hydrogen-bond acceptors (Lipinski definition) is 2. The smallest absolute Gasteiger partial charge is 0.0628 e. The molecule has 4 aliphatic rings. The van der Waals surface area contributed by atoms with Gasteiger partial charge in [-0.05, 0) is 81.6 Å². The fourth-order valence-corrected chi connectivity index (χ4v) is 5.61. The van der Waals surface area contributed by atoms with E-state index in [4.69, 9.17) is 4.74 Å². The number of likely N-dealkylation sites (N-methyl/N-ethyl adjacent to an activating group) is 1. The van der Waals surface area contributed by atoms with Gasteiger partial charge in [-0.2, -0.15) is 0 Å². The van der Waals surface area contributed by atoms with Gasteiger partial charge in [-0.1, -0.05) is 13.8 Å². The van der Waals surface area contributed by atoms with Gasteiger partial charge in [0.05, 0.1) is 12.7 Å². The molecule has 20 heavy (non-hydrogen) atoms. The summed E-state index contributed by atoms with van der Waals surface area (Å²) in [5.74, 6) is 3.70. The minimum absolute atomic E-state index is 0.375. The van der Waals surface area contributed by atoms with Crippen molar-refractivity contribution in [3.8, 4) is 0 Å². The van der Waals surface area contributed by atoms with E-state index in [0.717, 1.165) is 24.4 Å². The number of rotatable bonds is 6. The van der Waals surface area contributed by atoms with Crippen molar-refractivity contribution in [1.29, 1.82) is 0 Å². The van der Waals surface area contributed by atoms with Crippen LogP contribution in [0, 0.1) is 29.1 Å². The summed E-state index contributed by atoms with van der Waals surface area (Å²) < 4.78 is 6.18. The van der Waals surface area contributed by atoms with Gasteiger partial charge in [-0.3, -0.25) is 0 Å². The van der Waals surface area contributed by atoms with Gasteiger partial charge >= 0.3 is 0 Å². The highest BCUT2D eigenvalue weighted by Crippen LogP contribution is 2.61. The Morgan fingerprint density at radius 3 is 1.90 bits per heavy atom. The zero-order valence-corrected chi connectivity index (χ0v) is 13.8. The lowest BCUT2D eigenvalue weighted by Gasteiger charge is -2.59. The Hall–Kier alpha value is -0.0800. The van der Waals surface area contributed by atoms with Crippen LogP contribution in [0.3, 0.4) is 0 Å². The van der Waals surface area contributed by atoms with E-state index in [1.807, 2.05) is 0 Å². The molecule has 4 fully saturated rings. The third-order valence-electron chi connectivity index (χ3n) is 6.64. The van der Waals surface area contributed by atoms with Crippen LogP contribution in [-0.4, -0.2) is 25.8 Å². The Kier molecular flexibility index (Phi) is 4.16. The van der Waals surface area contributed by atoms with E-state index in [1.54, 1.807) is 0 Å². The van der Waals surface area contributed by atoms with Crippen LogP contribution in [0.4, 0.5) is 0 Å². The van der Waals surface area contributed by atoms with Gasteiger partial charge in [0.15, 0.2) is 0 Å². The molecule has 4 rings (SSSR count). The minimum Gasteiger partial charge on any atom is -0.377 e. The summed E-state index contributed by atoms with van der Waals surface area (Å²) in [6.07, 6.45) is 9.34. The second kappa shape index (κ2) is 5.61. The second-order valence-electron chi connectivity index (χ2n) is 8.40. The van der Waals surface area contributed by atoms with E-state index >= 15 is 0 Å². The van der Waals surface area contributed by atoms with Gasteiger partial charge in [-0.15, -0.1) is 0 Å². The van der Waals surface area contributed by atoms with E-state index < -0.39 is 0 Å². The summed E-state index contributed by atoms with van der Waals surface area (Å²) in [6, 6.07) is 0.567. The maximum absolute atomic E-state index is 6.18. The quantitative estimate of drug-likeness (QED) is 0.797. The van der Waals surface area contributed by atoms with E-state index in [1.165, 1.54) is 38.5 Å². The van der Waals surface area contributed by atoms with Crippen molar-refractivity contribution in [1.82, 2.24) is 5.32 Å². The molecule has 2 atom stereocenters. The molecule has 0 saturated heterocycles. The first-order valence-electron chi connectivity index (χ1n) is 8.81. The van der Waals surface area contributed by atoms with Gasteiger partial charge in [0.2, 0.25) is 0 Å². The Morgan fingerprint density at radius 1 is 1.00 bits per heavy atom. The van der Waals surface area contributed by atoms with Crippen LogP contribution in [0.2, 0.25) is 0 Å². The van der Waals surface area contributed by atoms with Gasteiger partial charge in [0.25, 0.3) is 0 Å². The predicted octanol–water partition coefficient (Wildman–Crippen LogP) is 3.85. The molecule has 4 aliphatic carbocycles. The molecule has 0 heterocycles. The number of nitrogens with one attached hydrogen (secondary N) is 1. The van der Waals surface area contributed by atoms with Crippen LogP contribution in [-0.2, 0) is 4.74 Å². The van der Waals surface area contributed by atoms with E-state index in [9.17, 15) is 0 Å². The molecule has 0 spiro atoms. The molecule has 0 amide bonds. The maximum Gasteiger partial charge on any atom is 0.0628 e. The van der Waals surface area contributed by atoms with Crippen molar-refractivity contribution >= 4 is 0 Å². The van der Waals surface area contributed by atoms with Gasteiger partial charge in [-0.25, -0.2) is 0 Å². The summed E-state index contributed by atoms with van der Waals surface area (Å²) in [7, 11) is 2.15. The summed E-state index contributed by atoms with van der Waals surface area (Å²) >= 11 is 0. The molecular formula is C18H33NO. The highest BCUT2D eigenvalue weighted by molar-refractivity contribution is 5.06. The molecular weight excluding hydrogens is 246 g/mol. The van der Waals surface area contributed by atoms with E-state index in [-0.39, 0.29) is 0 Å². The van der Waals surface area contributed by atoms with Crippen LogP contribution in [0.5, 0.6) is 0 Å². The number of hydrogen-bond donors (Lipinski definition) is 1. The molecule has 0 radical (unpaired) electrons. The molecule has 0 aromatic heterocycles. The van der Waals surface area contributed by atoms with E-state index in [0.29, 0.717) is 23.5 Å². The van der Waals surface area contributed by atoms with E-state index in [2.05, 4.69) is 33.1 Å². The average Bonchev–Trinajstić information content (AvgIpc) is 2.37. The van der Waals surface area contributed by atoms with Crippen molar-refractivity contribution in [2.45, 2.75) is 71.4 Å². The third-order valence-corrected chi connectivity index (χ3v) is 6.64. The van der Waals surface area contributed by atoms with Crippen LogP contribution in [0.25, 0.3) is 0 Å². The van der Waals surface area contributed by atoms with Crippen molar-refractivity contribution in [3.05, 3.63) is 0 Å². The molecule has 4 bridgehead atoms. The molecule has 0 aliphatic heterocycles. The van der Waals surface area contributed by atoms with Gasteiger partial charge < -0.3 is 10.1 Å². The number of ether oxygens (including phenoxy) is 1. The van der Waals surface area contributed by atoms with Crippen LogP contribution in [0.15, 0.2) is 0 Å². The molecule has 2 heteroatoms. The lowest BCUT2D eigenvalue weighted by Crippen LogP contribution is -2.57. The Bertz CT molecular complexity index is 303. The average molecular weight is 279 g/mol. The first-order chi connectivity index (χ1) is 9.52. The van der Waals surface area contributed by atoms with Gasteiger partial charge in [0.1, 0.15) is 0 Å². The van der Waals surface area contributed by atoms with Crippen LogP contribution < -0.4 is 5.32 Å². The summed E-state index contributed by atoms with van der Waals surface area (Å²) in [5, 5.41) is 3.63. The molecule has 0 aromatic carbocycles. The SMILES string of the molecule is CNC(COC(C)C(C)C)C12CC3CC(CC(C3)C1)C2. The molecule has 0 aromatic rings. The normalized spacial score (nSPS) is 42.1. The topological polar surface area (TPSA) is 21.3 Å². The van der Waals surface area contributed by atoms with Crippen LogP contribution in [0.1, 0.15) is 59.3 Å². The first kappa shape index (κ1) is 14.8. The molecule has 2 unspecified atom stereocenters. The Morgan fingerprint density at radius 2 is 1.50 bits per heavy atom. The monoisotopic (exact) mass is 279 g/mol. The standard InChI is InChI=1S/C18H33NO/c1-12(2)13(3)20-11-17(19-4)18-8-14-5-15(9-18)7-16(6-14)10-18/h12-17,19H,5-11H2,1-4H3. The largest absolute Gasteiger partial charge is 0.377 e. The lowest BCUT2D eigenvalue weighted by molar-refractivity contribution is -0.0960. The molecule has 4 saturated carbocycles. The van der Waals surface area contributed by atoms with Gasteiger partial charge in [0, 0.05) is 6.04 Å². The van der Waals surface area contributed by atoms with Crippen molar-refractivity contribution in [3.63, 3.8) is 0 Å². The highest BCUT2D eigenvalue weighted by atomic mass is 16.5. The highest BCUT2D eigenvalue weighted by Gasteiger charge is 2.53. The fraction of sp³-hybridized carbons (Fsp3) is 1.00. The third kappa shape index (κ3) is 2.66. The predicted molar refractivity (Wildman–Crippen MR) is 83.7 cm³/mol. The van der Waals surface area contributed by atoms with Crippen molar-refractivity contribution in [2.75, 3.05) is 13.7 Å². The zero-order valence-electron chi connectivity index (χ0n) is 13.8. The van der Waals surface area contributed by atoms with Crippen molar-refractivity contribution < 1.29 is 4.74 Å².